The van der Waals surface area contributed by atoms with Gasteiger partial charge in [-0.25, -0.2) is 0 Å². The van der Waals surface area contributed by atoms with Crippen molar-refractivity contribution in [2.24, 2.45) is 5.73 Å². The van der Waals surface area contributed by atoms with Gasteiger partial charge in [0.2, 0.25) is 0 Å². The summed E-state index contributed by atoms with van der Waals surface area (Å²) in [4.78, 5) is 0. The summed E-state index contributed by atoms with van der Waals surface area (Å²) in [5.74, 6) is -0.215. The molecule has 0 spiro atoms. The van der Waals surface area contributed by atoms with Crippen molar-refractivity contribution in [1.82, 2.24) is 5.32 Å². The number of ether oxygens (including phenoxy) is 1. The molecule has 0 aliphatic carbocycles. The molecule has 0 heterocycles. The van der Waals surface area contributed by atoms with Gasteiger partial charge in [-0.2, -0.15) is 0 Å². The number of hydrogen-bond acceptors (Lipinski definition) is 3. The Labute approximate surface area is 97.8 Å². The molecule has 0 saturated heterocycles. The van der Waals surface area contributed by atoms with Gasteiger partial charge in [0, 0.05) is 19.1 Å². The lowest BCUT2D eigenvalue weighted by Gasteiger charge is -2.12. The van der Waals surface area contributed by atoms with Crippen LogP contribution in [0, 0.1) is 0 Å². The van der Waals surface area contributed by atoms with Gasteiger partial charge in [-0.1, -0.05) is 12.1 Å². The molecule has 6 heteroatoms. The molecular weight excluding hydrogens is 233 g/mol. The number of halogens is 3. The second kappa shape index (κ2) is 5.88. The van der Waals surface area contributed by atoms with E-state index in [1.165, 1.54) is 12.1 Å². The predicted molar refractivity (Wildman–Crippen MR) is 58.5 cm³/mol. The topological polar surface area (TPSA) is 47.3 Å². The minimum atomic E-state index is -4.65. The number of benzene rings is 1. The minimum Gasteiger partial charge on any atom is -0.406 e. The highest BCUT2D eigenvalue weighted by atomic mass is 19.4. The molecule has 17 heavy (non-hydrogen) atoms. The zero-order valence-corrected chi connectivity index (χ0v) is 9.42. The number of nitrogens with two attached hydrogens (primary N) is 1. The Bertz CT molecular complexity index is 338. The van der Waals surface area contributed by atoms with Gasteiger partial charge in [0.05, 0.1) is 0 Å². The zero-order valence-electron chi connectivity index (χ0n) is 9.42. The van der Waals surface area contributed by atoms with E-state index in [9.17, 15) is 13.2 Å². The van der Waals surface area contributed by atoms with E-state index in [2.05, 4.69) is 10.1 Å². The van der Waals surface area contributed by atoms with E-state index >= 15 is 0 Å². The predicted octanol–water partition coefficient (Wildman–Crippen LogP) is 2.02. The summed E-state index contributed by atoms with van der Waals surface area (Å²) in [6, 6.07) is 5.91. The lowest BCUT2D eigenvalue weighted by Crippen LogP contribution is -2.32. The maximum absolute atomic E-state index is 11.9. The Balaban J connectivity index is 2.50. The van der Waals surface area contributed by atoms with Crippen molar-refractivity contribution < 1.29 is 17.9 Å². The Morgan fingerprint density at radius 1 is 1.29 bits per heavy atom. The molecule has 0 unspecified atom stereocenters. The number of hydrogen-bond donors (Lipinski definition) is 2. The summed E-state index contributed by atoms with van der Waals surface area (Å²) < 4.78 is 39.4. The van der Waals surface area contributed by atoms with E-state index in [4.69, 9.17) is 5.73 Å². The first kappa shape index (κ1) is 13.8. The Hall–Kier alpha value is -1.27. The highest BCUT2D eigenvalue weighted by Gasteiger charge is 2.30. The van der Waals surface area contributed by atoms with E-state index < -0.39 is 6.36 Å². The van der Waals surface area contributed by atoms with Crippen LogP contribution in [-0.4, -0.2) is 18.9 Å². The average Bonchev–Trinajstić information content (AvgIpc) is 2.25. The fourth-order valence-corrected chi connectivity index (χ4v) is 1.18. The van der Waals surface area contributed by atoms with Crippen molar-refractivity contribution in [3.63, 3.8) is 0 Å². The molecule has 3 N–H and O–H groups in total. The van der Waals surface area contributed by atoms with E-state index in [1.807, 2.05) is 6.92 Å². The summed E-state index contributed by atoms with van der Waals surface area (Å²) in [5, 5.41) is 3.13. The van der Waals surface area contributed by atoms with Gasteiger partial charge in [0.15, 0.2) is 0 Å². The highest BCUT2D eigenvalue weighted by molar-refractivity contribution is 5.27. The molecule has 0 fully saturated rings. The van der Waals surface area contributed by atoms with Crippen LogP contribution in [0.25, 0.3) is 0 Å². The number of nitrogens with one attached hydrogen (secondary N) is 1. The van der Waals surface area contributed by atoms with Crippen LogP contribution in [0.2, 0.25) is 0 Å². The number of alkyl halides is 3. The molecule has 3 nitrogen and oxygen atoms in total. The van der Waals surface area contributed by atoms with Crippen LogP contribution >= 0.6 is 0 Å². The van der Waals surface area contributed by atoms with Gasteiger partial charge in [0.25, 0.3) is 0 Å². The van der Waals surface area contributed by atoms with Crippen LogP contribution in [-0.2, 0) is 6.54 Å². The van der Waals surface area contributed by atoms with E-state index in [0.717, 1.165) is 5.56 Å². The smallest absolute Gasteiger partial charge is 0.406 e. The fourth-order valence-electron chi connectivity index (χ4n) is 1.18. The number of rotatable bonds is 5. The SMILES string of the molecule is C[C@@H](CN)NCc1ccc(OC(F)(F)F)cc1. The third-order valence-corrected chi connectivity index (χ3v) is 2.17. The van der Waals surface area contributed by atoms with E-state index in [1.54, 1.807) is 12.1 Å². The van der Waals surface area contributed by atoms with Gasteiger partial charge in [-0.3, -0.25) is 0 Å². The fraction of sp³-hybridized carbons (Fsp3) is 0.455. The van der Waals surface area contributed by atoms with Gasteiger partial charge in [-0.05, 0) is 24.6 Å². The van der Waals surface area contributed by atoms with Gasteiger partial charge in [-0.15, -0.1) is 13.2 Å². The molecule has 1 aromatic rings. The Kier molecular flexibility index (Phi) is 4.77. The monoisotopic (exact) mass is 248 g/mol. The van der Waals surface area contributed by atoms with Crippen LogP contribution in [0.5, 0.6) is 5.75 Å². The van der Waals surface area contributed by atoms with Crippen LogP contribution in [0.1, 0.15) is 12.5 Å². The molecule has 0 amide bonds. The molecular formula is C11H15F3N2O. The molecule has 0 aliphatic rings. The molecule has 96 valence electrons. The second-order valence-electron chi connectivity index (χ2n) is 3.71. The van der Waals surface area contributed by atoms with Crippen LogP contribution < -0.4 is 15.8 Å². The van der Waals surface area contributed by atoms with Crippen LogP contribution in [0.3, 0.4) is 0 Å². The standard InChI is InChI=1S/C11H15F3N2O/c1-8(6-15)16-7-9-2-4-10(5-3-9)17-11(12,13)14/h2-5,8,16H,6-7,15H2,1H3/t8-/m0/s1. The molecule has 0 bridgehead atoms. The Morgan fingerprint density at radius 2 is 1.88 bits per heavy atom. The zero-order chi connectivity index (χ0) is 12.9. The normalized spacial score (nSPS) is 13.5. The van der Waals surface area contributed by atoms with Crippen LogP contribution in [0.4, 0.5) is 13.2 Å². The maximum Gasteiger partial charge on any atom is 0.573 e. The minimum absolute atomic E-state index is 0.168. The summed E-state index contributed by atoms with van der Waals surface area (Å²) in [5.41, 5.74) is 6.30. The summed E-state index contributed by atoms with van der Waals surface area (Å²) in [7, 11) is 0. The van der Waals surface area contributed by atoms with Gasteiger partial charge >= 0.3 is 6.36 Å². The van der Waals surface area contributed by atoms with Crippen molar-refractivity contribution in [2.75, 3.05) is 6.54 Å². The molecule has 1 aromatic carbocycles. The highest BCUT2D eigenvalue weighted by Crippen LogP contribution is 2.22. The van der Waals surface area contributed by atoms with E-state index in [0.29, 0.717) is 13.1 Å². The van der Waals surface area contributed by atoms with E-state index in [-0.39, 0.29) is 11.8 Å². The summed E-state index contributed by atoms with van der Waals surface area (Å²) >= 11 is 0. The third-order valence-electron chi connectivity index (χ3n) is 2.17. The first-order valence-electron chi connectivity index (χ1n) is 5.19. The lowest BCUT2D eigenvalue weighted by molar-refractivity contribution is -0.274. The van der Waals surface area contributed by atoms with Gasteiger partial charge in [0.1, 0.15) is 5.75 Å². The molecule has 1 atom stereocenters. The van der Waals surface area contributed by atoms with Crippen molar-refractivity contribution in [3.8, 4) is 5.75 Å². The summed E-state index contributed by atoms with van der Waals surface area (Å²) in [6.07, 6.45) is -4.65. The van der Waals surface area contributed by atoms with Gasteiger partial charge < -0.3 is 15.8 Å². The van der Waals surface area contributed by atoms with Crippen molar-refractivity contribution in [1.29, 1.82) is 0 Å². The quantitative estimate of drug-likeness (QED) is 0.838. The lowest BCUT2D eigenvalue weighted by atomic mass is 10.2. The second-order valence-corrected chi connectivity index (χ2v) is 3.71. The summed E-state index contributed by atoms with van der Waals surface area (Å²) in [6.45, 7) is 3.00. The van der Waals surface area contributed by atoms with Crippen molar-refractivity contribution >= 4 is 0 Å². The van der Waals surface area contributed by atoms with Crippen LogP contribution in [0.15, 0.2) is 24.3 Å². The molecule has 1 rings (SSSR count). The molecule has 0 saturated carbocycles. The largest absolute Gasteiger partial charge is 0.573 e. The van der Waals surface area contributed by atoms with Crippen molar-refractivity contribution in [3.05, 3.63) is 29.8 Å². The first-order valence-corrected chi connectivity index (χ1v) is 5.19. The molecule has 0 radical (unpaired) electrons. The first-order chi connectivity index (χ1) is 7.90. The maximum atomic E-state index is 11.9. The molecule has 0 aromatic heterocycles. The molecule has 0 aliphatic heterocycles. The Morgan fingerprint density at radius 3 is 2.35 bits per heavy atom. The van der Waals surface area contributed by atoms with Crippen molar-refractivity contribution in [2.45, 2.75) is 25.9 Å². The average molecular weight is 248 g/mol. The third kappa shape index (κ3) is 5.55.